The fraction of sp³-hybridized carbons (Fsp3) is 0.278. The summed E-state index contributed by atoms with van der Waals surface area (Å²) in [7, 11) is -3.70. The van der Waals surface area contributed by atoms with Gasteiger partial charge in [-0.15, -0.1) is 0 Å². The van der Waals surface area contributed by atoms with Crippen LogP contribution < -0.4 is 14.8 Å². The van der Waals surface area contributed by atoms with Gasteiger partial charge >= 0.3 is 0 Å². The minimum atomic E-state index is -3.70. The molecule has 0 saturated heterocycles. The second-order valence-corrected chi connectivity index (χ2v) is 7.34. The molecule has 0 heterocycles. The van der Waals surface area contributed by atoms with Crippen LogP contribution in [0, 0.1) is 6.92 Å². The van der Waals surface area contributed by atoms with E-state index in [-0.39, 0.29) is 24.0 Å². The van der Waals surface area contributed by atoms with Crippen molar-refractivity contribution in [2.24, 2.45) is 0 Å². The third-order valence-electron chi connectivity index (χ3n) is 3.43. The number of carbonyl (C=O) groups is 1. The molecule has 26 heavy (non-hydrogen) atoms. The number of carbonyl (C=O) groups excluding carboxylic acids is 1. The summed E-state index contributed by atoms with van der Waals surface area (Å²) in [5.41, 5.74) is 1.44. The van der Waals surface area contributed by atoms with Crippen LogP contribution >= 0.6 is 0 Å². The van der Waals surface area contributed by atoms with Crippen LogP contribution in [0.2, 0.25) is 0 Å². The number of anilines is 1. The molecule has 0 aliphatic rings. The van der Waals surface area contributed by atoms with Crippen LogP contribution in [-0.4, -0.2) is 39.2 Å². The van der Waals surface area contributed by atoms with E-state index in [1.165, 1.54) is 24.3 Å². The Bertz CT molecular complexity index is 835. The minimum Gasteiger partial charge on any atom is -0.484 e. The van der Waals surface area contributed by atoms with Gasteiger partial charge in [-0.1, -0.05) is 12.1 Å². The fourth-order valence-electron chi connectivity index (χ4n) is 2.14. The monoisotopic (exact) mass is 378 g/mol. The number of rotatable bonds is 9. The molecular formula is C18H22N2O5S. The molecule has 2 rings (SSSR count). The lowest BCUT2D eigenvalue weighted by atomic mass is 10.2. The fourth-order valence-corrected chi connectivity index (χ4v) is 3.19. The van der Waals surface area contributed by atoms with Crippen molar-refractivity contribution in [2.45, 2.75) is 18.2 Å². The maximum atomic E-state index is 12.4. The molecule has 2 aromatic carbocycles. The zero-order valence-corrected chi connectivity index (χ0v) is 15.3. The maximum Gasteiger partial charge on any atom is 0.261 e. The van der Waals surface area contributed by atoms with Gasteiger partial charge in [-0.2, -0.15) is 0 Å². The topological polar surface area (TPSA) is 105 Å². The predicted molar refractivity (Wildman–Crippen MR) is 98.6 cm³/mol. The SMILES string of the molecule is Cc1cccc(NS(=O)(=O)c2ccc(OCC(=O)NCCCO)cc2)c1. The Kier molecular flexibility index (Phi) is 6.99. The van der Waals surface area contributed by atoms with E-state index in [2.05, 4.69) is 10.0 Å². The number of benzene rings is 2. The van der Waals surface area contributed by atoms with Crippen molar-refractivity contribution in [3.8, 4) is 5.75 Å². The first-order valence-electron chi connectivity index (χ1n) is 8.10. The van der Waals surface area contributed by atoms with E-state index in [1.807, 2.05) is 13.0 Å². The zero-order valence-electron chi connectivity index (χ0n) is 14.4. The number of aliphatic hydroxyl groups is 1. The lowest BCUT2D eigenvalue weighted by Crippen LogP contribution is -2.30. The number of amides is 1. The van der Waals surface area contributed by atoms with Gasteiger partial charge in [-0.05, 0) is 55.3 Å². The van der Waals surface area contributed by atoms with Crippen LogP contribution in [0.5, 0.6) is 5.75 Å². The molecule has 0 aliphatic heterocycles. The van der Waals surface area contributed by atoms with Gasteiger partial charge in [0.15, 0.2) is 6.61 Å². The molecule has 0 aromatic heterocycles. The molecule has 7 nitrogen and oxygen atoms in total. The molecule has 1 amide bonds. The molecule has 0 radical (unpaired) electrons. The van der Waals surface area contributed by atoms with Crippen LogP contribution in [0.4, 0.5) is 5.69 Å². The van der Waals surface area contributed by atoms with Crippen molar-refractivity contribution in [1.29, 1.82) is 0 Å². The van der Waals surface area contributed by atoms with Crippen LogP contribution in [0.3, 0.4) is 0 Å². The molecule has 0 fully saturated rings. The molecule has 0 atom stereocenters. The summed E-state index contributed by atoms with van der Waals surface area (Å²) >= 11 is 0. The molecule has 0 unspecified atom stereocenters. The number of hydrogen-bond donors (Lipinski definition) is 3. The molecule has 3 N–H and O–H groups in total. The largest absolute Gasteiger partial charge is 0.484 e. The minimum absolute atomic E-state index is 0.00760. The highest BCUT2D eigenvalue weighted by Crippen LogP contribution is 2.19. The van der Waals surface area contributed by atoms with Gasteiger partial charge in [0.05, 0.1) is 4.90 Å². The average Bonchev–Trinajstić information content (AvgIpc) is 2.60. The van der Waals surface area contributed by atoms with E-state index in [1.54, 1.807) is 18.2 Å². The second-order valence-electron chi connectivity index (χ2n) is 5.66. The van der Waals surface area contributed by atoms with Crippen LogP contribution in [-0.2, 0) is 14.8 Å². The lowest BCUT2D eigenvalue weighted by Gasteiger charge is -2.10. The number of sulfonamides is 1. The molecule has 140 valence electrons. The normalized spacial score (nSPS) is 11.0. The molecular weight excluding hydrogens is 356 g/mol. The van der Waals surface area contributed by atoms with E-state index in [0.717, 1.165) is 5.56 Å². The van der Waals surface area contributed by atoms with E-state index >= 15 is 0 Å². The van der Waals surface area contributed by atoms with E-state index in [4.69, 9.17) is 9.84 Å². The Morgan fingerprint density at radius 1 is 1.15 bits per heavy atom. The number of ether oxygens (including phenoxy) is 1. The summed E-state index contributed by atoms with van der Waals surface area (Å²) in [6.45, 7) is 2.08. The van der Waals surface area contributed by atoms with Gasteiger partial charge < -0.3 is 15.2 Å². The van der Waals surface area contributed by atoms with Gasteiger partial charge in [-0.25, -0.2) is 8.42 Å². The first-order chi connectivity index (χ1) is 12.4. The standard InChI is InChI=1S/C18H22N2O5S/c1-14-4-2-5-15(12-14)20-26(23,24)17-8-6-16(7-9-17)25-13-18(22)19-10-3-11-21/h2,4-9,12,20-21H,3,10-11,13H2,1H3,(H,19,22). The Morgan fingerprint density at radius 2 is 1.88 bits per heavy atom. The Balaban J connectivity index is 1.94. The van der Waals surface area contributed by atoms with Crippen molar-refractivity contribution in [3.05, 3.63) is 54.1 Å². The van der Waals surface area contributed by atoms with Crippen LogP contribution in [0.25, 0.3) is 0 Å². The van der Waals surface area contributed by atoms with Gasteiger partial charge in [0, 0.05) is 18.8 Å². The second kappa shape index (κ2) is 9.21. The van der Waals surface area contributed by atoms with Gasteiger partial charge in [0.25, 0.3) is 15.9 Å². The maximum absolute atomic E-state index is 12.4. The number of nitrogens with one attached hydrogen (secondary N) is 2. The quantitative estimate of drug-likeness (QED) is 0.576. The van der Waals surface area contributed by atoms with E-state index < -0.39 is 10.0 Å². The number of hydrogen-bond acceptors (Lipinski definition) is 5. The van der Waals surface area contributed by atoms with Gasteiger partial charge in [-0.3, -0.25) is 9.52 Å². The molecule has 2 aromatic rings. The smallest absolute Gasteiger partial charge is 0.261 e. The Labute approximate surface area is 153 Å². The Hall–Kier alpha value is -2.58. The van der Waals surface area contributed by atoms with Crippen LogP contribution in [0.15, 0.2) is 53.4 Å². The molecule has 0 spiro atoms. The average molecular weight is 378 g/mol. The highest BCUT2D eigenvalue weighted by Gasteiger charge is 2.14. The van der Waals surface area contributed by atoms with Crippen molar-refractivity contribution in [3.63, 3.8) is 0 Å². The summed E-state index contributed by atoms with van der Waals surface area (Å²) in [5.74, 6) is 0.0769. The molecule has 0 aliphatic carbocycles. The number of aliphatic hydroxyl groups excluding tert-OH is 1. The zero-order chi connectivity index (χ0) is 19.0. The third-order valence-corrected chi connectivity index (χ3v) is 4.83. The van der Waals surface area contributed by atoms with Crippen molar-refractivity contribution < 1.29 is 23.1 Å². The van der Waals surface area contributed by atoms with Gasteiger partial charge in [0.1, 0.15) is 5.75 Å². The van der Waals surface area contributed by atoms with E-state index in [0.29, 0.717) is 24.4 Å². The predicted octanol–water partition coefficient (Wildman–Crippen LogP) is 1.67. The van der Waals surface area contributed by atoms with E-state index in [9.17, 15) is 13.2 Å². The van der Waals surface area contributed by atoms with Gasteiger partial charge in [0.2, 0.25) is 0 Å². The summed E-state index contributed by atoms with van der Waals surface area (Å²) < 4.78 is 32.6. The lowest BCUT2D eigenvalue weighted by molar-refractivity contribution is -0.123. The third kappa shape index (κ3) is 6.05. The summed E-state index contributed by atoms with van der Waals surface area (Å²) in [4.78, 5) is 11.6. The first kappa shape index (κ1) is 19.7. The Morgan fingerprint density at radius 3 is 2.54 bits per heavy atom. The molecule has 0 bridgehead atoms. The summed E-state index contributed by atoms with van der Waals surface area (Å²) in [5, 5.41) is 11.2. The molecule has 8 heteroatoms. The summed E-state index contributed by atoms with van der Waals surface area (Å²) in [6.07, 6.45) is 0.478. The molecule has 0 saturated carbocycles. The first-order valence-corrected chi connectivity index (χ1v) is 9.59. The van der Waals surface area contributed by atoms with Crippen molar-refractivity contribution in [2.75, 3.05) is 24.5 Å². The van der Waals surface area contributed by atoms with Crippen LogP contribution in [0.1, 0.15) is 12.0 Å². The highest BCUT2D eigenvalue weighted by atomic mass is 32.2. The van der Waals surface area contributed by atoms with Crippen molar-refractivity contribution in [1.82, 2.24) is 5.32 Å². The number of aryl methyl sites for hydroxylation is 1. The van der Waals surface area contributed by atoms with Crippen molar-refractivity contribution >= 4 is 21.6 Å². The summed E-state index contributed by atoms with van der Waals surface area (Å²) in [6, 6.07) is 12.9. The highest BCUT2D eigenvalue weighted by molar-refractivity contribution is 7.92.